The van der Waals surface area contributed by atoms with Gasteiger partial charge in [0.15, 0.2) is 5.82 Å². The molecule has 0 N–H and O–H groups in total. The van der Waals surface area contributed by atoms with Crippen molar-refractivity contribution in [2.24, 2.45) is 0 Å². The molecule has 0 fully saturated rings. The maximum Gasteiger partial charge on any atom is 0.161 e. The molecule has 0 unspecified atom stereocenters. The van der Waals surface area contributed by atoms with E-state index in [0.29, 0.717) is 11.4 Å². The molecule has 0 saturated heterocycles. The third kappa shape index (κ3) is 5.01. The first-order valence-electron chi connectivity index (χ1n) is 15.9. The van der Waals surface area contributed by atoms with E-state index in [4.69, 9.17) is 9.97 Å². The number of hydrogen-bond acceptors (Lipinski definition) is 3. The largest absolute Gasteiger partial charge is 0.228 e. The lowest BCUT2D eigenvalue weighted by Gasteiger charge is -2.22. The summed E-state index contributed by atoms with van der Waals surface area (Å²) in [6, 6.07) is 54.9. The zero-order valence-corrected chi connectivity index (χ0v) is 26.3. The van der Waals surface area contributed by atoms with Crippen LogP contribution in [0.5, 0.6) is 0 Å². The van der Waals surface area contributed by atoms with Crippen molar-refractivity contribution in [1.29, 1.82) is 5.26 Å². The van der Waals surface area contributed by atoms with Crippen LogP contribution >= 0.6 is 0 Å². The zero-order valence-electron chi connectivity index (χ0n) is 26.3. The molecule has 7 aromatic rings. The van der Waals surface area contributed by atoms with Crippen LogP contribution in [0.3, 0.4) is 0 Å². The average Bonchev–Trinajstić information content (AvgIpc) is 3.37. The highest BCUT2D eigenvalue weighted by Crippen LogP contribution is 2.50. The third-order valence-electron chi connectivity index (χ3n) is 9.37. The van der Waals surface area contributed by atoms with Gasteiger partial charge in [0.1, 0.15) is 0 Å². The average molecular weight is 602 g/mol. The van der Waals surface area contributed by atoms with E-state index >= 15 is 0 Å². The Morgan fingerprint density at radius 3 is 1.60 bits per heavy atom. The Bertz CT molecular complexity index is 2310. The molecular weight excluding hydrogens is 571 g/mol. The van der Waals surface area contributed by atoms with E-state index in [1.807, 2.05) is 36.4 Å². The fourth-order valence-electron chi connectivity index (χ4n) is 6.84. The molecule has 1 aliphatic carbocycles. The van der Waals surface area contributed by atoms with Crippen LogP contribution in [0.4, 0.5) is 0 Å². The second kappa shape index (κ2) is 11.4. The summed E-state index contributed by atoms with van der Waals surface area (Å²) in [7, 11) is 0. The van der Waals surface area contributed by atoms with Gasteiger partial charge in [-0.15, -0.1) is 0 Å². The highest BCUT2D eigenvalue weighted by atomic mass is 14.9. The molecule has 222 valence electrons. The quantitative estimate of drug-likeness (QED) is 0.197. The van der Waals surface area contributed by atoms with Crippen LogP contribution in [0.15, 0.2) is 152 Å². The maximum absolute atomic E-state index is 9.57. The standard InChI is InChI=1S/C44H31N3/c1-44(2)39-25-29(28-45)17-23-36(39)37-24-22-34(26-40(37)44)35-15-9-10-16-38(35)43-46-41(32-13-7-4-8-14-32)27-42(47-43)33-20-18-31(19-21-33)30-11-5-3-6-12-30/h3-27H,1-2H3. The second-order valence-corrected chi connectivity index (χ2v) is 12.6. The van der Waals surface area contributed by atoms with Crippen LogP contribution < -0.4 is 0 Å². The summed E-state index contributed by atoms with van der Waals surface area (Å²) in [6.45, 7) is 4.49. The molecule has 3 heteroatoms. The van der Waals surface area contributed by atoms with E-state index in [0.717, 1.165) is 39.2 Å². The molecule has 1 aromatic heterocycles. The Hall–Kier alpha value is -6.11. The van der Waals surface area contributed by atoms with Gasteiger partial charge in [0.25, 0.3) is 0 Å². The number of rotatable bonds is 5. The summed E-state index contributed by atoms with van der Waals surface area (Å²) >= 11 is 0. The lowest BCUT2D eigenvalue weighted by molar-refractivity contribution is 0.660. The number of fused-ring (bicyclic) bond motifs is 3. The first-order valence-corrected chi connectivity index (χ1v) is 15.9. The predicted octanol–water partition coefficient (Wildman–Crippen LogP) is 11.0. The molecule has 0 spiro atoms. The molecule has 47 heavy (non-hydrogen) atoms. The summed E-state index contributed by atoms with van der Waals surface area (Å²) in [5, 5.41) is 9.57. The van der Waals surface area contributed by atoms with Crippen LogP contribution in [-0.2, 0) is 5.41 Å². The molecule has 0 bridgehead atoms. The molecule has 6 aromatic carbocycles. The van der Waals surface area contributed by atoms with Crippen molar-refractivity contribution in [2.45, 2.75) is 19.3 Å². The number of benzene rings is 6. The summed E-state index contributed by atoms with van der Waals surface area (Å²) in [5.41, 5.74) is 14.7. The molecular formula is C44H31N3. The number of nitriles is 1. The number of aromatic nitrogens is 2. The second-order valence-electron chi connectivity index (χ2n) is 12.6. The Kier molecular flexibility index (Phi) is 6.85. The molecule has 0 amide bonds. The van der Waals surface area contributed by atoms with Gasteiger partial charge in [-0.25, -0.2) is 9.97 Å². The van der Waals surface area contributed by atoms with Crippen LogP contribution in [0.1, 0.15) is 30.5 Å². The van der Waals surface area contributed by atoms with E-state index in [2.05, 4.69) is 135 Å². The Morgan fingerprint density at radius 1 is 0.447 bits per heavy atom. The SMILES string of the molecule is CC1(C)c2cc(C#N)ccc2-c2ccc(-c3ccccc3-c3nc(-c4ccccc4)cc(-c4ccc(-c5ccccc5)cc4)n3)cc21. The van der Waals surface area contributed by atoms with Gasteiger partial charge in [0, 0.05) is 22.1 Å². The van der Waals surface area contributed by atoms with Crippen molar-refractivity contribution in [3.63, 3.8) is 0 Å². The van der Waals surface area contributed by atoms with E-state index in [1.165, 1.54) is 33.4 Å². The zero-order chi connectivity index (χ0) is 32.0. The van der Waals surface area contributed by atoms with E-state index in [-0.39, 0.29) is 5.41 Å². The molecule has 0 radical (unpaired) electrons. The number of nitrogens with zero attached hydrogens (tertiary/aromatic N) is 3. The normalized spacial score (nSPS) is 12.6. The summed E-state index contributed by atoms with van der Waals surface area (Å²) in [6.07, 6.45) is 0. The summed E-state index contributed by atoms with van der Waals surface area (Å²) in [5.74, 6) is 0.686. The van der Waals surface area contributed by atoms with Crippen molar-refractivity contribution in [2.75, 3.05) is 0 Å². The lowest BCUT2D eigenvalue weighted by atomic mass is 9.81. The van der Waals surface area contributed by atoms with E-state index < -0.39 is 0 Å². The van der Waals surface area contributed by atoms with Gasteiger partial charge in [-0.2, -0.15) is 5.26 Å². The van der Waals surface area contributed by atoms with Gasteiger partial charge in [0.2, 0.25) is 0 Å². The summed E-state index contributed by atoms with van der Waals surface area (Å²) in [4.78, 5) is 10.4. The van der Waals surface area contributed by atoms with Gasteiger partial charge >= 0.3 is 0 Å². The van der Waals surface area contributed by atoms with Gasteiger partial charge < -0.3 is 0 Å². The molecule has 1 aliphatic rings. The van der Waals surface area contributed by atoms with Gasteiger partial charge in [0.05, 0.1) is 23.0 Å². The van der Waals surface area contributed by atoms with Crippen molar-refractivity contribution in [3.8, 4) is 73.4 Å². The van der Waals surface area contributed by atoms with Gasteiger partial charge in [-0.05, 0) is 68.8 Å². The van der Waals surface area contributed by atoms with E-state index in [1.54, 1.807) is 0 Å². The minimum absolute atomic E-state index is 0.231. The molecule has 0 atom stereocenters. The van der Waals surface area contributed by atoms with Crippen molar-refractivity contribution >= 4 is 0 Å². The topological polar surface area (TPSA) is 49.6 Å². The molecule has 1 heterocycles. The molecule has 8 rings (SSSR count). The smallest absolute Gasteiger partial charge is 0.161 e. The first kappa shape index (κ1) is 28.4. The Labute approximate surface area is 275 Å². The molecule has 0 aliphatic heterocycles. The highest BCUT2D eigenvalue weighted by Gasteiger charge is 2.36. The van der Waals surface area contributed by atoms with Crippen LogP contribution in [0.25, 0.3) is 67.3 Å². The fraction of sp³-hybridized carbons (Fsp3) is 0.0682. The third-order valence-corrected chi connectivity index (χ3v) is 9.37. The summed E-state index contributed by atoms with van der Waals surface area (Å²) < 4.78 is 0. The lowest BCUT2D eigenvalue weighted by Crippen LogP contribution is -2.15. The minimum Gasteiger partial charge on any atom is -0.228 e. The Balaban J connectivity index is 1.25. The van der Waals surface area contributed by atoms with Crippen molar-refractivity contribution < 1.29 is 0 Å². The first-order chi connectivity index (χ1) is 23.0. The Morgan fingerprint density at radius 2 is 0.936 bits per heavy atom. The minimum atomic E-state index is -0.231. The van der Waals surface area contributed by atoms with Gasteiger partial charge in [-0.3, -0.25) is 0 Å². The van der Waals surface area contributed by atoms with E-state index in [9.17, 15) is 5.26 Å². The fourth-order valence-corrected chi connectivity index (χ4v) is 6.84. The van der Waals surface area contributed by atoms with Crippen LogP contribution in [0.2, 0.25) is 0 Å². The molecule has 3 nitrogen and oxygen atoms in total. The maximum atomic E-state index is 9.57. The van der Waals surface area contributed by atoms with Crippen molar-refractivity contribution in [3.05, 3.63) is 168 Å². The number of hydrogen-bond donors (Lipinski definition) is 0. The van der Waals surface area contributed by atoms with Gasteiger partial charge in [-0.1, -0.05) is 141 Å². The van der Waals surface area contributed by atoms with Crippen LogP contribution in [0, 0.1) is 11.3 Å². The predicted molar refractivity (Wildman–Crippen MR) is 191 cm³/mol. The molecule has 0 saturated carbocycles. The van der Waals surface area contributed by atoms with Crippen LogP contribution in [-0.4, -0.2) is 9.97 Å². The highest BCUT2D eigenvalue weighted by molar-refractivity contribution is 5.88. The van der Waals surface area contributed by atoms with Crippen molar-refractivity contribution in [1.82, 2.24) is 9.97 Å². The monoisotopic (exact) mass is 601 g/mol.